The smallest absolute Gasteiger partial charge is 0.0849 e. The zero-order valence-corrected chi connectivity index (χ0v) is 21.4. The molecular weight excluding hydrogens is 614 g/mol. The van der Waals surface area contributed by atoms with E-state index in [1.54, 1.807) is 0 Å². The largest absolute Gasteiger partial charge is 0.251 e. The summed E-state index contributed by atoms with van der Waals surface area (Å²) in [6, 6.07) is 17.7. The lowest BCUT2D eigenvalue weighted by atomic mass is 10.2. The Morgan fingerprint density at radius 2 is 1.00 bits per heavy atom. The minimum atomic E-state index is 0.818. The van der Waals surface area contributed by atoms with Gasteiger partial charge in [0.05, 0.1) is 34.2 Å². The van der Waals surface area contributed by atoms with E-state index < -0.39 is 0 Å². The van der Waals surface area contributed by atoms with Crippen LogP contribution in [0.1, 0.15) is 25.2 Å². The molecule has 0 amide bonds. The van der Waals surface area contributed by atoms with Crippen LogP contribution in [0.2, 0.25) is 0 Å². The molecule has 0 aliphatic rings. The third-order valence-corrected chi connectivity index (χ3v) is 5.61. The molecule has 28 heavy (non-hydrogen) atoms. The predicted molar refractivity (Wildman–Crippen MR) is 132 cm³/mol. The van der Waals surface area contributed by atoms with Gasteiger partial charge in [-0.2, -0.15) is 0 Å². The summed E-state index contributed by atoms with van der Waals surface area (Å²) in [5.74, 6) is 0. The van der Waals surface area contributed by atoms with E-state index in [9.17, 15) is 0 Å². The van der Waals surface area contributed by atoms with Crippen LogP contribution >= 0.6 is 63.7 Å². The molecule has 0 N–H and O–H groups in total. The predicted octanol–water partition coefficient (Wildman–Crippen LogP) is 8.41. The Balaban J connectivity index is 1.92. The van der Waals surface area contributed by atoms with Crippen molar-refractivity contribution in [1.82, 2.24) is 4.98 Å². The average molecular weight is 629 g/mol. The van der Waals surface area contributed by atoms with Crippen molar-refractivity contribution in [3.63, 3.8) is 0 Å². The van der Waals surface area contributed by atoms with Gasteiger partial charge in [-0.25, -0.2) is 4.98 Å². The number of rotatable bonds is 4. The molecule has 0 radical (unpaired) electrons. The first kappa shape index (κ1) is 21.6. The van der Waals surface area contributed by atoms with E-state index in [-0.39, 0.29) is 0 Å². The highest BCUT2D eigenvalue weighted by atomic mass is 79.9. The van der Waals surface area contributed by atoms with Gasteiger partial charge < -0.3 is 0 Å². The number of hydrogen-bond donors (Lipinski definition) is 0. The summed E-state index contributed by atoms with van der Waals surface area (Å²) >= 11 is 14.0. The Bertz CT molecular complexity index is 968. The van der Waals surface area contributed by atoms with E-state index in [1.165, 1.54) is 0 Å². The van der Waals surface area contributed by atoms with Crippen molar-refractivity contribution in [3.8, 4) is 0 Å². The molecule has 0 saturated heterocycles. The van der Waals surface area contributed by atoms with E-state index in [4.69, 9.17) is 15.0 Å². The van der Waals surface area contributed by atoms with Crippen LogP contribution in [0, 0.1) is 0 Å². The van der Waals surface area contributed by atoms with E-state index in [1.807, 2.05) is 68.4 Å². The number of hydrogen-bond acceptors (Lipinski definition) is 3. The summed E-state index contributed by atoms with van der Waals surface area (Å²) in [6.45, 7) is 3.91. The minimum Gasteiger partial charge on any atom is -0.251 e. The zero-order valence-electron chi connectivity index (χ0n) is 15.0. The van der Waals surface area contributed by atoms with Gasteiger partial charge in [0.1, 0.15) is 0 Å². The minimum absolute atomic E-state index is 0.818. The SMILES string of the molecule is CC(=Nc1cc(Br)cc(Br)c1)c1cccc(C(C)=Nc2cc(Br)cc(Br)c2)n1. The van der Waals surface area contributed by atoms with Crippen molar-refractivity contribution in [2.75, 3.05) is 0 Å². The lowest BCUT2D eigenvalue weighted by Crippen LogP contribution is -2.05. The maximum absolute atomic E-state index is 4.75. The highest BCUT2D eigenvalue weighted by Crippen LogP contribution is 2.27. The van der Waals surface area contributed by atoms with Crippen molar-refractivity contribution in [1.29, 1.82) is 0 Å². The Labute approximate surface area is 197 Å². The second-order valence-electron chi connectivity index (χ2n) is 6.06. The van der Waals surface area contributed by atoms with Gasteiger partial charge in [-0.05, 0) is 62.4 Å². The lowest BCUT2D eigenvalue weighted by molar-refractivity contribution is 1.24. The fourth-order valence-electron chi connectivity index (χ4n) is 2.55. The molecule has 0 aliphatic carbocycles. The fraction of sp³-hybridized carbons (Fsp3) is 0.0952. The normalized spacial score (nSPS) is 12.4. The summed E-state index contributed by atoms with van der Waals surface area (Å²) < 4.78 is 3.88. The van der Waals surface area contributed by atoms with E-state index in [0.717, 1.165) is 52.1 Å². The number of pyridine rings is 1. The quantitative estimate of drug-likeness (QED) is 0.267. The first-order chi connectivity index (χ1) is 13.3. The van der Waals surface area contributed by atoms with E-state index in [0.29, 0.717) is 0 Å². The number of benzene rings is 2. The van der Waals surface area contributed by atoms with Crippen LogP contribution in [0.4, 0.5) is 11.4 Å². The van der Waals surface area contributed by atoms with Crippen LogP contribution in [-0.4, -0.2) is 16.4 Å². The Morgan fingerprint density at radius 1 is 0.643 bits per heavy atom. The summed E-state index contributed by atoms with van der Waals surface area (Å²) in [5.41, 5.74) is 5.03. The molecule has 3 rings (SSSR count). The van der Waals surface area contributed by atoms with Gasteiger partial charge in [-0.1, -0.05) is 69.8 Å². The molecule has 1 heterocycles. The van der Waals surface area contributed by atoms with Gasteiger partial charge in [0.15, 0.2) is 0 Å². The molecule has 2 aromatic carbocycles. The average Bonchev–Trinajstić information content (AvgIpc) is 2.60. The third kappa shape index (κ3) is 5.92. The summed E-state index contributed by atoms with van der Waals surface area (Å²) in [5, 5.41) is 0. The Morgan fingerprint density at radius 3 is 1.36 bits per heavy atom. The van der Waals surface area contributed by atoms with Gasteiger partial charge in [0.2, 0.25) is 0 Å². The maximum atomic E-state index is 4.75. The van der Waals surface area contributed by atoms with Crippen LogP contribution in [0.15, 0.2) is 82.5 Å². The second kappa shape index (κ2) is 9.57. The Kier molecular flexibility index (Phi) is 7.36. The van der Waals surface area contributed by atoms with Crippen molar-refractivity contribution < 1.29 is 0 Å². The molecule has 7 heteroatoms. The van der Waals surface area contributed by atoms with Crippen LogP contribution in [-0.2, 0) is 0 Å². The lowest BCUT2D eigenvalue weighted by Gasteiger charge is -2.06. The van der Waals surface area contributed by atoms with Gasteiger partial charge in [0, 0.05) is 17.9 Å². The standard InChI is InChI=1S/C21H15Br4N3/c1-12(26-18-8-14(22)6-15(23)9-18)20-4-3-5-21(28-20)13(2)27-19-10-16(24)7-17(25)11-19/h3-11H,1-2H3. The summed E-state index contributed by atoms with van der Waals surface area (Å²) in [7, 11) is 0. The van der Waals surface area contributed by atoms with Crippen molar-refractivity contribution in [2.24, 2.45) is 9.98 Å². The Hall–Kier alpha value is -1.15. The molecule has 142 valence electrons. The van der Waals surface area contributed by atoms with Gasteiger partial charge in [0.25, 0.3) is 0 Å². The number of aromatic nitrogens is 1. The van der Waals surface area contributed by atoms with Crippen LogP contribution in [0.5, 0.6) is 0 Å². The third-order valence-electron chi connectivity index (χ3n) is 3.78. The first-order valence-electron chi connectivity index (χ1n) is 8.31. The summed E-state index contributed by atoms with van der Waals surface area (Å²) in [6.07, 6.45) is 0. The number of nitrogens with zero attached hydrogens (tertiary/aromatic N) is 3. The van der Waals surface area contributed by atoms with Crippen molar-refractivity contribution in [2.45, 2.75) is 13.8 Å². The molecule has 0 aliphatic heterocycles. The fourth-order valence-corrected chi connectivity index (χ4v) is 5.09. The zero-order chi connectivity index (χ0) is 20.3. The van der Waals surface area contributed by atoms with E-state index in [2.05, 4.69) is 63.7 Å². The van der Waals surface area contributed by atoms with Crippen LogP contribution in [0.3, 0.4) is 0 Å². The molecule has 0 unspecified atom stereocenters. The summed E-state index contributed by atoms with van der Waals surface area (Å²) in [4.78, 5) is 14.1. The molecule has 0 saturated carbocycles. The molecule has 0 atom stereocenters. The second-order valence-corrected chi connectivity index (χ2v) is 9.72. The molecular formula is C21H15Br4N3. The van der Waals surface area contributed by atoms with Crippen molar-refractivity contribution in [3.05, 3.63) is 83.9 Å². The monoisotopic (exact) mass is 625 g/mol. The highest BCUT2D eigenvalue weighted by molar-refractivity contribution is 9.11. The van der Waals surface area contributed by atoms with E-state index >= 15 is 0 Å². The molecule has 0 bridgehead atoms. The molecule has 3 nitrogen and oxygen atoms in total. The van der Waals surface area contributed by atoms with Gasteiger partial charge in [-0.15, -0.1) is 0 Å². The van der Waals surface area contributed by atoms with Crippen LogP contribution < -0.4 is 0 Å². The van der Waals surface area contributed by atoms with Gasteiger partial charge >= 0.3 is 0 Å². The topological polar surface area (TPSA) is 37.6 Å². The number of aliphatic imine (C=N–C) groups is 2. The van der Waals surface area contributed by atoms with Crippen LogP contribution in [0.25, 0.3) is 0 Å². The van der Waals surface area contributed by atoms with Crippen molar-refractivity contribution >= 4 is 86.5 Å². The molecule has 0 fully saturated rings. The molecule has 3 aromatic rings. The molecule has 0 spiro atoms. The maximum Gasteiger partial charge on any atom is 0.0849 e. The molecule has 1 aromatic heterocycles. The number of halogens is 4. The first-order valence-corrected chi connectivity index (χ1v) is 11.5. The highest BCUT2D eigenvalue weighted by Gasteiger charge is 2.06. The van der Waals surface area contributed by atoms with Gasteiger partial charge in [-0.3, -0.25) is 9.98 Å².